The molecule has 0 saturated carbocycles. The average Bonchev–Trinajstić information content (AvgIpc) is 2.83. The molecular weight excluding hydrogens is 304 g/mol. The van der Waals surface area contributed by atoms with E-state index in [0.717, 1.165) is 57.7 Å². The molecule has 0 spiro atoms. The van der Waals surface area contributed by atoms with Crippen LogP contribution in [0.3, 0.4) is 0 Å². The van der Waals surface area contributed by atoms with E-state index in [9.17, 15) is 4.79 Å². The smallest absolute Gasteiger partial charge is 0.253 e. The van der Waals surface area contributed by atoms with Crippen molar-refractivity contribution >= 4 is 5.91 Å². The van der Waals surface area contributed by atoms with E-state index >= 15 is 0 Å². The number of aromatic nitrogens is 1. The second kappa shape index (κ2) is 8.05. The largest absolute Gasteiger partial charge is 0.375 e. The summed E-state index contributed by atoms with van der Waals surface area (Å²) in [6, 6.07) is 4.01. The van der Waals surface area contributed by atoms with Crippen LogP contribution in [0.4, 0.5) is 0 Å². The zero-order valence-electron chi connectivity index (χ0n) is 14.7. The van der Waals surface area contributed by atoms with E-state index < -0.39 is 0 Å². The molecule has 0 bridgehead atoms. The van der Waals surface area contributed by atoms with E-state index in [-0.39, 0.29) is 12.0 Å². The minimum atomic E-state index is 0.107. The fourth-order valence-electron chi connectivity index (χ4n) is 3.65. The molecule has 24 heavy (non-hydrogen) atoms. The molecule has 1 aromatic rings. The van der Waals surface area contributed by atoms with Crippen LogP contribution in [-0.2, 0) is 4.74 Å². The van der Waals surface area contributed by atoms with Crippen molar-refractivity contribution < 1.29 is 9.53 Å². The van der Waals surface area contributed by atoms with Gasteiger partial charge < -0.3 is 14.5 Å². The van der Waals surface area contributed by atoms with E-state index in [2.05, 4.69) is 28.9 Å². The Labute approximate surface area is 144 Å². The van der Waals surface area contributed by atoms with Gasteiger partial charge in [-0.1, -0.05) is 0 Å². The number of carbonyl (C=O) groups is 1. The number of carbonyl (C=O) groups excluding carboxylic acids is 1. The number of nitrogens with zero attached hydrogens (tertiary/aromatic N) is 4. The number of fused-ring (bicyclic) bond motifs is 1. The molecule has 6 nitrogen and oxygen atoms in total. The van der Waals surface area contributed by atoms with E-state index in [1.165, 1.54) is 0 Å². The van der Waals surface area contributed by atoms with Gasteiger partial charge in [-0.15, -0.1) is 0 Å². The fraction of sp³-hybridized carbons (Fsp3) is 0.667. The topological polar surface area (TPSA) is 48.9 Å². The van der Waals surface area contributed by atoms with Gasteiger partial charge in [0.25, 0.3) is 5.91 Å². The number of likely N-dealkylation sites (N-methyl/N-ethyl adjacent to an activating group) is 1. The molecule has 3 rings (SSSR count). The molecule has 2 atom stereocenters. The molecular formula is C18H28N4O2. The Morgan fingerprint density at radius 2 is 2.00 bits per heavy atom. The normalized spacial score (nSPS) is 25.4. The Hall–Kier alpha value is -1.50. The lowest BCUT2D eigenvalue weighted by atomic mass is 10.0. The van der Waals surface area contributed by atoms with Gasteiger partial charge in [-0.05, 0) is 39.1 Å². The average molecular weight is 332 g/mol. The summed E-state index contributed by atoms with van der Waals surface area (Å²) < 4.78 is 6.03. The van der Waals surface area contributed by atoms with E-state index in [1.807, 2.05) is 4.90 Å². The summed E-state index contributed by atoms with van der Waals surface area (Å²) in [7, 11) is 4.22. The number of rotatable bonds is 4. The van der Waals surface area contributed by atoms with Crippen LogP contribution in [0.1, 0.15) is 23.2 Å². The summed E-state index contributed by atoms with van der Waals surface area (Å²) in [5.41, 5.74) is 0.722. The maximum Gasteiger partial charge on any atom is 0.253 e. The monoisotopic (exact) mass is 332 g/mol. The first kappa shape index (κ1) is 17.3. The minimum absolute atomic E-state index is 0.107. The first-order valence-electron chi connectivity index (χ1n) is 8.85. The number of pyridine rings is 1. The predicted octanol–water partition coefficient (Wildman–Crippen LogP) is 0.949. The molecule has 6 heteroatoms. The van der Waals surface area contributed by atoms with Crippen LogP contribution in [0.15, 0.2) is 24.5 Å². The summed E-state index contributed by atoms with van der Waals surface area (Å²) in [5.74, 6) is 0.107. The van der Waals surface area contributed by atoms with E-state index in [1.54, 1.807) is 24.5 Å². The predicted molar refractivity (Wildman–Crippen MR) is 93.0 cm³/mol. The second-order valence-corrected chi connectivity index (χ2v) is 6.92. The van der Waals surface area contributed by atoms with Crippen molar-refractivity contribution in [1.29, 1.82) is 0 Å². The molecule has 132 valence electrons. The lowest BCUT2D eigenvalue weighted by molar-refractivity contribution is -0.0724. The van der Waals surface area contributed by atoms with Crippen LogP contribution in [0.2, 0.25) is 0 Å². The molecule has 0 unspecified atom stereocenters. The van der Waals surface area contributed by atoms with Crippen LogP contribution in [0, 0.1) is 0 Å². The number of morpholine rings is 1. The summed E-state index contributed by atoms with van der Waals surface area (Å²) in [6.07, 6.45) is 5.50. The summed E-state index contributed by atoms with van der Waals surface area (Å²) in [4.78, 5) is 23.4. The first-order valence-corrected chi connectivity index (χ1v) is 8.85. The molecule has 0 aliphatic carbocycles. The third kappa shape index (κ3) is 4.12. The lowest BCUT2D eigenvalue weighted by Crippen LogP contribution is -2.52. The quantitative estimate of drug-likeness (QED) is 0.822. The molecule has 0 aromatic carbocycles. The van der Waals surface area contributed by atoms with Gasteiger partial charge in [0.05, 0.1) is 12.7 Å². The van der Waals surface area contributed by atoms with Crippen LogP contribution in [0.25, 0.3) is 0 Å². The minimum Gasteiger partial charge on any atom is -0.375 e. The Balaban J connectivity index is 1.64. The van der Waals surface area contributed by atoms with Gasteiger partial charge in [-0.2, -0.15) is 0 Å². The zero-order chi connectivity index (χ0) is 16.9. The molecule has 2 aliphatic rings. The molecule has 1 amide bonds. The highest BCUT2D eigenvalue weighted by atomic mass is 16.5. The molecule has 0 N–H and O–H groups in total. The number of hydrogen-bond donors (Lipinski definition) is 0. The van der Waals surface area contributed by atoms with Crippen LogP contribution >= 0.6 is 0 Å². The van der Waals surface area contributed by atoms with Gasteiger partial charge in [0.2, 0.25) is 0 Å². The number of amides is 1. The summed E-state index contributed by atoms with van der Waals surface area (Å²) in [5, 5.41) is 0. The molecule has 2 fully saturated rings. The highest BCUT2D eigenvalue weighted by Crippen LogP contribution is 2.24. The lowest BCUT2D eigenvalue weighted by Gasteiger charge is -2.40. The van der Waals surface area contributed by atoms with Crippen LogP contribution in [-0.4, -0.2) is 91.2 Å². The summed E-state index contributed by atoms with van der Waals surface area (Å²) >= 11 is 0. The Bertz CT molecular complexity index is 537. The Morgan fingerprint density at radius 3 is 2.75 bits per heavy atom. The Kier molecular flexibility index (Phi) is 5.81. The van der Waals surface area contributed by atoms with Crippen molar-refractivity contribution in [1.82, 2.24) is 19.7 Å². The second-order valence-electron chi connectivity index (χ2n) is 6.92. The van der Waals surface area contributed by atoms with Gasteiger partial charge in [0, 0.05) is 56.7 Å². The third-order valence-electron chi connectivity index (χ3n) is 5.04. The van der Waals surface area contributed by atoms with Crippen molar-refractivity contribution in [3.63, 3.8) is 0 Å². The van der Waals surface area contributed by atoms with Gasteiger partial charge in [0.15, 0.2) is 0 Å². The van der Waals surface area contributed by atoms with Gasteiger partial charge in [0.1, 0.15) is 0 Å². The van der Waals surface area contributed by atoms with Crippen molar-refractivity contribution in [2.45, 2.75) is 25.0 Å². The SMILES string of the molecule is CN(C)CCN1CCO[C@@H]2CCN(C(=O)c3ccncc3)CC[C@@H]21. The standard InChI is InChI=1S/C18H28N4O2/c1-20(2)11-12-21-13-14-24-17-6-10-22(9-5-16(17)21)18(23)15-3-7-19-8-4-15/h3-4,7-8,16-17H,5-6,9-14H2,1-2H3/t16-,17+/m0/s1. The fourth-order valence-corrected chi connectivity index (χ4v) is 3.65. The maximum atomic E-state index is 12.7. The molecule has 2 saturated heterocycles. The third-order valence-corrected chi connectivity index (χ3v) is 5.04. The number of hydrogen-bond acceptors (Lipinski definition) is 5. The number of ether oxygens (including phenoxy) is 1. The molecule has 0 radical (unpaired) electrons. The van der Waals surface area contributed by atoms with Crippen molar-refractivity contribution in [3.05, 3.63) is 30.1 Å². The Morgan fingerprint density at radius 1 is 1.25 bits per heavy atom. The van der Waals surface area contributed by atoms with Crippen molar-refractivity contribution in [3.8, 4) is 0 Å². The van der Waals surface area contributed by atoms with Gasteiger partial charge >= 0.3 is 0 Å². The van der Waals surface area contributed by atoms with Crippen molar-refractivity contribution in [2.75, 3.05) is 53.4 Å². The maximum absolute atomic E-state index is 12.7. The number of likely N-dealkylation sites (tertiary alicyclic amines) is 1. The van der Waals surface area contributed by atoms with Gasteiger partial charge in [-0.25, -0.2) is 0 Å². The molecule has 3 heterocycles. The van der Waals surface area contributed by atoms with E-state index in [0.29, 0.717) is 6.04 Å². The highest BCUT2D eigenvalue weighted by Gasteiger charge is 2.35. The van der Waals surface area contributed by atoms with Crippen LogP contribution in [0.5, 0.6) is 0 Å². The van der Waals surface area contributed by atoms with E-state index in [4.69, 9.17) is 4.74 Å². The first-order chi connectivity index (χ1) is 11.6. The molecule has 1 aromatic heterocycles. The van der Waals surface area contributed by atoms with Crippen molar-refractivity contribution in [2.24, 2.45) is 0 Å². The van der Waals surface area contributed by atoms with Gasteiger partial charge in [-0.3, -0.25) is 14.7 Å². The highest BCUT2D eigenvalue weighted by molar-refractivity contribution is 5.94. The summed E-state index contributed by atoms with van der Waals surface area (Å²) in [6.45, 7) is 5.48. The molecule has 2 aliphatic heterocycles. The zero-order valence-corrected chi connectivity index (χ0v) is 14.7. The van der Waals surface area contributed by atoms with Crippen LogP contribution < -0.4 is 0 Å².